The molecule has 0 aromatic heterocycles. The molecule has 0 fully saturated rings. The minimum Gasteiger partial charge on any atom is -0.790 e. The fourth-order valence-corrected chi connectivity index (χ4v) is 3.30. The molecule has 1 unspecified atom stereocenters. The minimum atomic E-state index is -5.12. The molecule has 6 nitrogen and oxygen atoms in total. The van der Waals surface area contributed by atoms with Gasteiger partial charge >= 0.3 is 59.1 Å². The fourth-order valence-electron chi connectivity index (χ4n) is 2.97. The molecule has 2 aromatic carbocycles. The number of hydrogen-bond acceptors (Lipinski definition) is 5. The number of benzene rings is 2. The van der Waals surface area contributed by atoms with E-state index in [0.29, 0.717) is 12.0 Å². The van der Waals surface area contributed by atoms with Crippen LogP contribution < -0.4 is 74.2 Å². The van der Waals surface area contributed by atoms with Gasteiger partial charge in [-0.25, -0.2) is 0 Å². The van der Waals surface area contributed by atoms with Gasteiger partial charge in [-0.05, 0) is 28.8 Å². The zero-order chi connectivity index (χ0) is 19.7. The number of amides is 1. The summed E-state index contributed by atoms with van der Waals surface area (Å²) in [6.07, 6.45) is 5.50. The average molecular weight is 437 g/mol. The number of rotatable bonds is 11. The quantitative estimate of drug-likeness (QED) is 0.233. The number of carbonyl (C=O) groups is 1. The SMILES string of the molecule is CCCCCCCC(=O)NC(COP(=O)([O-])[O-])c1ccc2ccccc2c1.[Na+].[Na+]. The molecule has 0 spiro atoms. The zero-order valence-electron chi connectivity index (χ0n) is 17.6. The molecule has 0 heterocycles. The topological polar surface area (TPSA) is 102 Å². The second-order valence-electron chi connectivity index (χ2n) is 6.63. The first-order valence-corrected chi connectivity index (χ1v) is 10.8. The van der Waals surface area contributed by atoms with Crippen LogP contribution in [0.15, 0.2) is 42.5 Å². The Labute approximate surface area is 217 Å². The molecule has 0 aliphatic heterocycles. The zero-order valence-corrected chi connectivity index (χ0v) is 22.5. The Morgan fingerprint density at radius 3 is 2.34 bits per heavy atom. The van der Waals surface area contributed by atoms with Gasteiger partial charge in [-0.15, -0.1) is 0 Å². The summed E-state index contributed by atoms with van der Waals surface area (Å²) in [6.45, 7) is 1.72. The Balaban J connectivity index is 0.00000392. The smallest absolute Gasteiger partial charge is 0.790 e. The van der Waals surface area contributed by atoms with Gasteiger partial charge in [0.1, 0.15) is 0 Å². The van der Waals surface area contributed by atoms with Crippen molar-refractivity contribution in [3.8, 4) is 0 Å². The summed E-state index contributed by atoms with van der Waals surface area (Å²) in [6, 6.07) is 12.6. The van der Waals surface area contributed by atoms with Crippen molar-refractivity contribution in [2.45, 2.75) is 51.5 Å². The van der Waals surface area contributed by atoms with Gasteiger partial charge in [-0.3, -0.25) is 4.79 Å². The van der Waals surface area contributed by atoms with E-state index in [1.165, 1.54) is 0 Å². The molecule has 2 aromatic rings. The normalized spacial score (nSPS) is 12.0. The summed E-state index contributed by atoms with van der Waals surface area (Å²) in [7, 11) is -5.12. The molecule has 1 atom stereocenters. The molecule has 1 amide bonds. The van der Waals surface area contributed by atoms with Crippen LogP contribution >= 0.6 is 7.82 Å². The number of fused-ring (bicyclic) bond motifs is 1. The van der Waals surface area contributed by atoms with Crippen LogP contribution in [0.3, 0.4) is 0 Å². The third kappa shape index (κ3) is 11.5. The van der Waals surface area contributed by atoms with Gasteiger partial charge in [0.25, 0.3) is 0 Å². The number of phosphoric acid groups is 1. The number of phosphoric ester groups is 1. The first-order chi connectivity index (χ1) is 12.9. The largest absolute Gasteiger partial charge is 1.00 e. The van der Waals surface area contributed by atoms with E-state index < -0.39 is 20.5 Å². The average Bonchev–Trinajstić information content (AvgIpc) is 2.64. The van der Waals surface area contributed by atoms with E-state index in [4.69, 9.17) is 0 Å². The van der Waals surface area contributed by atoms with Crippen LogP contribution in [-0.2, 0) is 13.9 Å². The Kier molecular flexibility index (Phi) is 15.3. The maximum Gasteiger partial charge on any atom is 1.00 e. The van der Waals surface area contributed by atoms with Crippen molar-refractivity contribution in [2.24, 2.45) is 0 Å². The van der Waals surface area contributed by atoms with Crippen LogP contribution in [0.2, 0.25) is 0 Å². The summed E-state index contributed by atoms with van der Waals surface area (Å²) in [4.78, 5) is 34.0. The van der Waals surface area contributed by atoms with Crippen molar-refractivity contribution in [3.05, 3.63) is 48.0 Å². The minimum absolute atomic E-state index is 0. The predicted octanol–water partition coefficient (Wildman–Crippen LogP) is -2.79. The molecule has 0 aliphatic rings. The standard InChI is InChI=1S/C20H28NO5P.2Na/c1-2-3-4-5-6-11-20(22)21-19(15-26-27(23,24)25)18-13-12-16-9-7-8-10-17(16)14-18;;/h7-10,12-14,19H,2-6,11,15H2,1H3,(H,21,22)(H2,23,24,25);;/q;2*+1/p-2. The molecule has 0 radical (unpaired) electrons. The van der Waals surface area contributed by atoms with E-state index >= 15 is 0 Å². The summed E-state index contributed by atoms with van der Waals surface area (Å²) in [5.74, 6) is -0.181. The van der Waals surface area contributed by atoms with Crippen LogP contribution in [0.5, 0.6) is 0 Å². The molecule has 0 saturated carbocycles. The molecular formula is C20H26NNa2O5P. The van der Waals surface area contributed by atoms with E-state index in [-0.39, 0.29) is 65.0 Å². The van der Waals surface area contributed by atoms with E-state index in [9.17, 15) is 19.1 Å². The molecule has 0 bridgehead atoms. The Bertz CT molecular complexity index is 799. The van der Waals surface area contributed by atoms with Gasteiger partial charge < -0.3 is 24.2 Å². The van der Waals surface area contributed by atoms with Crippen molar-refractivity contribution < 1.29 is 82.8 Å². The molecule has 2 rings (SSSR count). The van der Waals surface area contributed by atoms with Gasteiger partial charge in [0.15, 0.2) is 0 Å². The Morgan fingerprint density at radius 2 is 1.69 bits per heavy atom. The van der Waals surface area contributed by atoms with Gasteiger partial charge in [0.05, 0.1) is 20.5 Å². The molecule has 148 valence electrons. The second-order valence-corrected chi connectivity index (χ2v) is 7.79. The van der Waals surface area contributed by atoms with E-state index in [1.54, 1.807) is 6.07 Å². The Hall–Kier alpha value is 0.280. The molecular weight excluding hydrogens is 411 g/mol. The number of carbonyl (C=O) groups excluding carboxylic acids is 1. The van der Waals surface area contributed by atoms with Crippen molar-refractivity contribution in [3.63, 3.8) is 0 Å². The maximum absolute atomic E-state index is 12.3. The molecule has 29 heavy (non-hydrogen) atoms. The van der Waals surface area contributed by atoms with Crippen molar-refractivity contribution >= 4 is 24.5 Å². The first-order valence-electron chi connectivity index (χ1n) is 9.33. The second kappa shape index (κ2) is 15.1. The van der Waals surface area contributed by atoms with Gasteiger partial charge in [-0.1, -0.05) is 69.0 Å². The fraction of sp³-hybridized carbons (Fsp3) is 0.450. The summed E-state index contributed by atoms with van der Waals surface area (Å²) >= 11 is 0. The third-order valence-electron chi connectivity index (χ3n) is 4.42. The van der Waals surface area contributed by atoms with Crippen molar-refractivity contribution in [1.82, 2.24) is 5.32 Å². The van der Waals surface area contributed by atoms with Crippen LogP contribution in [0.4, 0.5) is 0 Å². The van der Waals surface area contributed by atoms with Crippen molar-refractivity contribution in [1.29, 1.82) is 0 Å². The number of nitrogens with one attached hydrogen (secondary N) is 1. The van der Waals surface area contributed by atoms with Crippen LogP contribution in [0.1, 0.15) is 57.1 Å². The summed E-state index contributed by atoms with van der Waals surface area (Å²) < 4.78 is 15.3. The molecule has 0 aliphatic carbocycles. The van der Waals surface area contributed by atoms with Crippen LogP contribution in [-0.4, -0.2) is 12.5 Å². The Morgan fingerprint density at radius 1 is 1.03 bits per heavy atom. The molecule has 1 N–H and O–H groups in total. The van der Waals surface area contributed by atoms with E-state index in [0.717, 1.165) is 42.9 Å². The van der Waals surface area contributed by atoms with Crippen molar-refractivity contribution in [2.75, 3.05) is 6.61 Å². The van der Waals surface area contributed by atoms with Gasteiger partial charge in [0.2, 0.25) is 5.91 Å². The summed E-state index contributed by atoms with van der Waals surface area (Å²) in [5, 5.41) is 4.79. The van der Waals surface area contributed by atoms with Gasteiger partial charge in [0, 0.05) is 6.42 Å². The number of hydrogen-bond donors (Lipinski definition) is 1. The summed E-state index contributed by atoms with van der Waals surface area (Å²) in [5.41, 5.74) is 0.696. The van der Waals surface area contributed by atoms with E-state index in [1.807, 2.05) is 36.4 Å². The third-order valence-corrected chi connectivity index (χ3v) is 4.88. The van der Waals surface area contributed by atoms with E-state index in [2.05, 4.69) is 16.8 Å². The van der Waals surface area contributed by atoms with Gasteiger partial charge in [-0.2, -0.15) is 0 Å². The van der Waals surface area contributed by atoms with Crippen LogP contribution in [0.25, 0.3) is 10.8 Å². The molecule has 9 heteroatoms. The maximum atomic E-state index is 12.3. The number of unbranched alkanes of at least 4 members (excludes halogenated alkanes) is 4. The monoisotopic (exact) mass is 437 g/mol. The predicted molar refractivity (Wildman–Crippen MR) is 102 cm³/mol. The van der Waals surface area contributed by atoms with Crippen LogP contribution in [0, 0.1) is 0 Å². The first kappa shape index (κ1) is 29.3. The molecule has 0 saturated heterocycles.